The summed E-state index contributed by atoms with van der Waals surface area (Å²) in [6.07, 6.45) is -0.685. The van der Waals surface area contributed by atoms with Gasteiger partial charge in [0.2, 0.25) is 6.29 Å². The summed E-state index contributed by atoms with van der Waals surface area (Å²) in [5.41, 5.74) is 0. The summed E-state index contributed by atoms with van der Waals surface area (Å²) in [7, 11) is 1.37. The van der Waals surface area contributed by atoms with Gasteiger partial charge in [0, 0.05) is 14.0 Å². The first-order valence-electron chi connectivity index (χ1n) is 4.89. The molecule has 17 heavy (non-hydrogen) atoms. The molecule has 0 radical (unpaired) electrons. The first kappa shape index (κ1) is 16.4. The van der Waals surface area contributed by atoms with Crippen molar-refractivity contribution in [3.63, 3.8) is 0 Å². The fourth-order valence-electron chi connectivity index (χ4n) is 1.12. The molecule has 1 unspecified atom stereocenters. The summed E-state index contributed by atoms with van der Waals surface area (Å²) in [6.45, 7) is 1.42. The van der Waals surface area contributed by atoms with Gasteiger partial charge in [-0.2, -0.15) is 5.06 Å². The minimum Gasteiger partial charge on any atom is -1.00 e. The van der Waals surface area contributed by atoms with Gasteiger partial charge in [0.05, 0.1) is 0 Å². The second kappa shape index (κ2) is 8.49. The molecule has 0 aliphatic rings. The van der Waals surface area contributed by atoms with Crippen LogP contribution in [-0.4, -0.2) is 36.1 Å². The minimum absolute atomic E-state index is 0. The summed E-state index contributed by atoms with van der Waals surface area (Å²) in [5.74, 6) is 0.0774. The van der Waals surface area contributed by atoms with E-state index in [9.17, 15) is 4.79 Å². The monoisotopic (exact) mass is 249 g/mol. The van der Waals surface area contributed by atoms with Crippen molar-refractivity contribution in [2.75, 3.05) is 13.6 Å². The molecule has 1 aromatic rings. The summed E-state index contributed by atoms with van der Waals surface area (Å²) >= 11 is 0. The van der Waals surface area contributed by atoms with Gasteiger partial charge in [-0.1, -0.05) is 18.2 Å². The molecule has 90 valence electrons. The van der Waals surface area contributed by atoms with E-state index in [1.54, 1.807) is 19.1 Å². The summed E-state index contributed by atoms with van der Waals surface area (Å²) < 4.78 is 10.2. The minimum atomic E-state index is -0.685. The number of hydrogen-bond donors (Lipinski definition) is 1. The SMILES string of the molecule is CC(OC(=O)CN(C)O)Oc1ccccc1.[H-].[Na+]. The predicted molar refractivity (Wildman–Crippen MR) is 58.2 cm³/mol. The zero-order valence-electron chi connectivity index (χ0n) is 11.3. The molecule has 1 aromatic carbocycles. The molecule has 6 heteroatoms. The van der Waals surface area contributed by atoms with Gasteiger partial charge in [0.1, 0.15) is 12.3 Å². The zero-order chi connectivity index (χ0) is 12.0. The molecule has 0 fully saturated rings. The molecule has 0 aromatic heterocycles. The van der Waals surface area contributed by atoms with Crippen LogP contribution < -0.4 is 34.3 Å². The van der Waals surface area contributed by atoms with Crippen molar-refractivity contribution >= 4 is 5.97 Å². The number of rotatable bonds is 5. The molecule has 0 aliphatic heterocycles. The molecule has 0 saturated carbocycles. The summed E-state index contributed by atoms with van der Waals surface area (Å²) in [5, 5.41) is 9.56. The van der Waals surface area contributed by atoms with E-state index >= 15 is 0 Å². The van der Waals surface area contributed by atoms with Crippen LogP contribution in [0, 0.1) is 0 Å². The van der Waals surface area contributed by atoms with Crippen molar-refractivity contribution < 1.29 is 50.5 Å². The van der Waals surface area contributed by atoms with Gasteiger partial charge in [-0.3, -0.25) is 4.79 Å². The molecule has 0 heterocycles. The van der Waals surface area contributed by atoms with Crippen LogP contribution >= 0.6 is 0 Å². The number of esters is 1. The number of hydrogen-bond acceptors (Lipinski definition) is 5. The van der Waals surface area contributed by atoms with Crippen molar-refractivity contribution in [3.05, 3.63) is 30.3 Å². The van der Waals surface area contributed by atoms with Crippen molar-refractivity contribution in [1.29, 1.82) is 0 Å². The van der Waals surface area contributed by atoms with E-state index in [-0.39, 0.29) is 37.5 Å². The van der Waals surface area contributed by atoms with Gasteiger partial charge in [0.15, 0.2) is 0 Å². The number of nitrogens with zero attached hydrogens (tertiary/aromatic N) is 1. The van der Waals surface area contributed by atoms with Gasteiger partial charge in [0.25, 0.3) is 0 Å². The molecule has 1 N–H and O–H groups in total. The third-order valence-corrected chi connectivity index (χ3v) is 1.70. The van der Waals surface area contributed by atoms with E-state index in [4.69, 9.17) is 14.7 Å². The normalized spacial score (nSPS) is 11.5. The fourth-order valence-corrected chi connectivity index (χ4v) is 1.12. The standard InChI is InChI=1S/C11H15NO4.Na.H/c1-9(16-11(13)8-12(2)14)15-10-6-4-3-5-7-10;;/h3-7,9,14H,8H2,1-2H3;;/q;+1;-1. The molecule has 0 spiro atoms. The van der Waals surface area contributed by atoms with Crippen LogP contribution in [0.5, 0.6) is 5.75 Å². The Labute approximate surface area is 124 Å². The molecule has 0 amide bonds. The van der Waals surface area contributed by atoms with Crippen LogP contribution in [0.1, 0.15) is 8.35 Å². The molecule has 0 saturated heterocycles. The molecular weight excluding hydrogens is 233 g/mol. The van der Waals surface area contributed by atoms with E-state index in [0.29, 0.717) is 5.75 Å². The predicted octanol–water partition coefficient (Wildman–Crippen LogP) is -1.61. The average molecular weight is 249 g/mol. The Hall–Kier alpha value is -0.590. The van der Waals surface area contributed by atoms with Crippen LogP contribution in [0.2, 0.25) is 0 Å². The number of hydroxylamine groups is 2. The Kier molecular flexibility index (Phi) is 8.20. The molecule has 0 aliphatic carbocycles. The Morgan fingerprint density at radius 3 is 2.59 bits per heavy atom. The number of likely N-dealkylation sites (N-methyl/N-ethyl adjacent to an activating group) is 1. The molecule has 0 bridgehead atoms. The first-order valence-corrected chi connectivity index (χ1v) is 4.89. The quantitative estimate of drug-likeness (QED) is 0.294. The molecule has 1 atom stereocenters. The summed E-state index contributed by atoms with van der Waals surface area (Å²) in [6, 6.07) is 9.05. The summed E-state index contributed by atoms with van der Waals surface area (Å²) in [4.78, 5) is 11.2. The maximum absolute atomic E-state index is 11.2. The molecule has 1 rings (SSSR count). The van der Waals surface area contributed by atoms with Gasteiger partial charge >= 0.3 is 35.5 Å². The smallest absolute Gasteiger partial charge is 1.00 e. The zero-order valence-corrected chi connectivity index (χ0v) is 12.3. The number of carbonyl (C=O) groups is 1. The van der Waals surface area contributed by atoms with Crippen LogP contribution in [0.25, 0.3) is 0 Å². The Morgan fingerprint density at radius 1 is 1.47 bits per heavy atom. The molecule has 5 nitrogen and oxygen atoms in total. The van der Waals surface area contributed by atoms with Crippen LogP contribution in [0.3, 0.4) is 0 Å². The maximum atomic E-state index is 11.2. The second-order valence-electron chi connectivity index (χ2n) is 3.30. The number of benzene rings is 1. The largest absolute Gasteiger partial charge is 1.00 e. The third-order valence-electron chi connectivity index (χ3n) is 1.70. The van der Waals surface area contributed by atoms with Crippen molar-refractivity contribution in [2.45, 2.75) is 13.2 Å². The third kappa shape index (κ3) is 7.36. The average Bonchev–Trinajstić information content (AvgIpc) is 2.17. The molecular formula is C11H16NNaO4. The van der Waals surface area contributed by atoms with E-state index in [1.807, 2.05) is 18.2 Å². The van der Waals surface area contributed by atoms with Crippen LogP contribution in [-0.2, 0) is 9.53 Å². The number of carbonyl (C=O) groups excluding carboxylic acids is 1. The fraction of sp³-hybridized carbons (Fsp3) is 0.364. The van der Waals surface area contributed by atoms with E-state index in [0.717, 1.165) is 5.06 Å². The van der Waals surface area contributed by atoms with Crippen molar-refractivity contribution in [3.8, 4) is 5.75 Å². The first-order chi connectivity index (χ1) is 7.58. The van der Waals surface area contributed by atoms with Crippen molar-refractivity contribution in [1.82, 2.24) is 5.06 Å². The number of para-hydroxylation sites is 1. The van der Waals surface area contributed by atoms with E-state index < -0.39 is 12.3 Å². The van der Waals surface area contributed by atoms with E-state index in [1.165, 1.54) is 7.05 Å². The maximum Gasteiger partial charge on any atom is 1.00 e. The number of ether oxygens (including phenoxy) is 2. The van der Waals surface area contributed by atoms with Gasteiger partial charge in [-0.15, -0.1) is 0 Å². The van der Waals surface area contributed by atoms with Crippen LogP contribution in [0.4, 0.5) is 0 Å². The van der Waals surface area contributed by atoms with E-state index in [2.05, 4.69) is 0 Å². The van der Waals surface area contributed by atoms with Gasteiger partial charge < -0.3 is 16.1 Å². The van der Waals surface area contributed by atoms with Crippen LogP contribution in [0.15, 0.2) is 30.3 Å². The Balaban J connectivity index is 0. The van der Waals surface area contributed by atoms with Crippen molar-refractivity contribution in [2.24, 2.45) is 0 Å². The van der Waals surface area contributed by atoms with Gasteiger partial charge in [-0.25, -0.2) is 0 Å². The Morgan fingerprint density at radius 2 is 2.06 bits per heavy atom. The second-order valence-corrected chi connectivity index (χ2v) is 3.30. The Bertz CT molecular complexity index is 337. The van der Waals surface area contributed by atoms with Gasteiger partial charge in [-0.05, 0) is 12.1 Å². The topological polar surface area (TPSA) is 59.0 Å².